The molecule has 1 heterocycles. The van der Waals surface area contributed by atoms with Crippen molar-refractivity contribution in [1.82, 2.24) is 0 Å². The summed E-state index contributed by atoms with van der Waals surface area (Å²) in [5.74, 6) is 1.19. The summed E-state index contributed by atoms with van der Waals surface area (Å²) in [5.41, 5.74) is 2.26. The monoisotopic (exact) mass is 251 g/mol. The summed E-state index contributed by atoms with van der Waals surface area (Å²) in [7, 11) is 0. The molecule has 17 heavy (non-hydrogen) atoms. The lowest BCUT2D eigenvalue weighted by Crippen LogP contribution is -2.38. The Morgan fingerprint density at radius 1 is 1.47 bits per heavy atom. The number of para-hydroxylation sites is 1. The first-order valence-corrected chi connectivity index (χ1v) is 7.40. The molecule has 1 saturated heterocycles. The third-order valence-corrected chi connectivity index (χ3v) is 4.69. The second-order valence-electron chi connectivity index (χ2n) is 4.58. The highest BCUT2D eigenvalue weighted by Crippen LogP contribution is 2.30. The standard InChI is InChI=1S/C14H21NOS/c1-3-12-10-15(8-9-17-12)14-7-5-4-6-13(14)11(2)16/h4-7,11-12,16H,3,8-10H2,1-2H3/t11-,12?/m1/s1. The zero-order valence-corrected chi connectivity index (χ0v) is 11.4. The molecule has 2 nitrogen and oxygen atoms in total. The number of benzene rings is 1. The largest absolute Gasteiger partial charge is 0.389 e. The number of hydrogen-bond acceptors (Lipinski definition) is 3. The molecule has 1 aliphatic heterocycles. The lowest BCUT2D eigenvalue weighted by Gasteiger charge is -2.35. The van der Waals surface area contributed by atoms with Gasteiger partial charge >= 0.3 is 0 Å². The summed E-state index contributed by atoms with van der Waals surface area (Å²) in [5, 5.41) is 10.6. The van der Waals surface area contributed by atoms with Gasteiger partial charge in [0.15, 0.2) is 0 Å². The Hall–Kier alpha value is -0.670. The molecular weight excluding hydrogens is 230 g/mol. The van der Waals surface area contributed by atoms with Gasteiger partial charge in [0, 0.05) is 35.3 Å². The molecule has 1 aromatic carbocycles. The molecule has 1 aliphatic rings. The van der Waals surface area contributed by atoms with Gasteiger partial charge in [0.05, 0.1) is 6.10 Å². The summed E-state index contributed by atoms with van der Waals surface area (Å²) >= 11 is 2.07. The van der Waals surface area contributed by atoms with Gasteiger partial charge in [0.25, 0.3) is 0 Å². The van der Waals surface area contributed by atoms with Crippen LogP contribution in [0.5, 0.6) is 0 Å². The van der Waals surface area contributed by atoms with Crippen molar-refractivity contribution in [2.24, 2.45) is 0 Å². The van der Waals surface area contributed by atoms with Crippen LogP contribution in [0.25, 0.3) is 0 Å². The van der Waals surface area contributed by atoms with Crippen molar-refractivity contribution < 1.29 is 5.11 Å². The Labute approximate surface area is 108 Å². The Morgan fingerprint density at radius 2 is 2.24 bits per heavy atom. The van der Waals surface area contributed by atoms with E-state index in [1.54, 1.807) is 0 Å². The lowest BCUT2D eigenvalue weighted by molar-refractivity contribution is 0.199. The first kappa shape index (κ1) is 12.8. The molecule has 1 N–H and O–H groups in total. The Balaban J connectivity index is 2.21. The van der Waals surface area contributed by atoms with Gasteiger partial charge in [0.2, 0.25) is 0 Å². The molecule has 0 amide bonds. The lowest BCUT2D eigenvalue weighted by atomic mass is 10.1. The highest BCUT2D eigenvalue weighted by molar-refractivity contribution is 8.00. The average Bonchev–Trinajstić information content (AvgIpc) is 2.39. The molecule has 0 aromatic heterocycles. The van der Waals surface area contributed by atoms with E-state index in [2.05, 4.69) is 35.7 Å². The van der Waals surface area contributed by atoms with E-state index < -0.39 is 0 Å². The third kappa shape index (κ3) is 2.96. The van der Waals surface area contributed by atoms with Crippen LogP contribution in [0.15, 0.2) is 24.3 Å². The van der Waals surface area contributed by atoms with Crippen LogP contribution < -0.4 is 4.90 Å². The predicted octanol–water partition coefficient (Wildman–Crippen LogP) is 3.07. The second-order valence-corrected chi connectivity index (χ2v) is 5.99. The molecule has 0 aliphatic carbocycles. The van der Waals surface area contributed by atoms with Gasteiger partial charge in [-0.3, -0.25) is 0 Å². The van der Waals surface area contributed by atoms with E-state index in [-0.39, 0.29) is 6.10 Å². The minimum absolute atomic E-state index is 0.388. The van der Waals surface area contributed by atoms with Gasteiger partial charge in [-0.05, 0) is 19.4 Å². The van der Waals surface area contributed by atoms with Crippen molar-refractivity contribution in [1.29, 1.82) is 0 Å². The maximum absolute atomic E-state index is 9.83. The van der Waals surface area contributed by atoms with E-state index in [9.17, 15) is 5.11 Å². The van der Waals surface area contributed by atoms with Crippen molar-refractivity contribution in [2.75, 3.05) is 23.7 Å². The molecule has 1 aromatic rings. The van der Waals surface area contributed by atoms with Gasteiger partial charge in [-0.15, -0.1) is 0 Å². The van der Waals surface area contributed by atoms with E-state index in [1.807, 2.05) is 19.1 Å². The van der Waals surface area contributed by atoms with Crippen LogP contribution >= 0.6 is 11.8 Å². The number of anilines is 1. The molecule has 0 bridgehead atoms. The van der Waals surface area contributed by atoms with Gasteiger partial charge in [-0.25, -0.2) is 0 Å². The molecule has 94 valence electrons. The number of hydrogen-bond donors (Lipinski definition) is 1. The Kier molecular flexibility index (Phi) is 4.35. The first-order valence-electron chi connectivity index (χ1n) is 6.36. The zero-order valence-electron chi connectivity index (χ0n) is 10.6. The maximum Gasteiger partial charge on any atom is 0.0781 e. The summed E-state index contributed by atoms with van der Waals surface area (Å²) in [4.78, 5) is 2.42. The fourth-order valence-corrected chi connectivity index (χ4v) is 3.49. The SMILES string of the molecule is CCC1CN(c2ccccc2[C@@H](C)O)CCS1. The maximum atomic E-state index is 9.83. The molecular formula is C14H21NOS. The number of nitrogens with zero attached hydrogens (tertiary/aromatic N) is 1. The molecule has 2 atom stereocenters. The average molecular weight is 251 g/mol. The number of aliphatic hydroxyl groups excluding tert-OH is 1. The number of rotatable bonds is 3. The molecule has 0 saturated carbocycles. The summed E-state index contributed by atoms with van der Waals surface area (Å²) < 4.78 is 0. The molecule has 2 rings (SSSR count). The van der Waals surface area contributed by atoms with Crippen LogP contribution in [-0.2, 0) is 0 Å². The third-order valence-electron chi connectivity index (χ3n) is 3.32. The number of thioether (sulfide) groups is 1. The van der Waals surface area contributed by atoms with Crippen molar-refractivity contribution in [3.05, 3.63) is 29.8 Å². The number of aliphatic hydroxyl groups is 1. The van der Waals surface area contributed by atoms with Crippen molar-refractivity contribution in [2.45, 2.75) is 31.6 Å². The van der Waals surface area contributed by atoms with Crippen LogP contribution in [0.3, 0.4) is 0 Å². The summed E-state index contributed by atoms with van der Waals surface area (Å²) in [6.45, 7) is 6.28. The van der Waals surface area contributed by atoms with Crippen molar-refractivity contribution in [3.8, 4) is 0 Å². The highest BCUT2D eigenvalue weighted by Gasteiger charge is 2.21. The molecule has 1 fully saturated rings. The Morgan fingerprint density at radius 3 is 2.94 bits per heavy atom. The minimum atomic E-state index is -0.388. The zero-order chi connectivity index (χ0) is 12.3. The summed E-state index contributed by atoms with van der Waals surface area (Å²) in [6.07, 6.45) is 0.832. The molecule has 3 heteroatoms. The van der Waals surface area contributed by atoms with Crippen LogP contribution in [0.1, 0.15) is 31.9 Å². The van der Waals surface area contributed by atoms with Crippen LogP contribution in [0.4, 0.5) is 5.69 Å². The quantitative estimate of drug-likeness (QED) is 0.893. The minimum Gasteiger partial charge on any atom is -0.389 e. The smallest absolute Gasteiger partial charge is 0.0781 e. The fourth-order valence-electron chi connectivity index (χ4n) is 2.31. The van der Waals surface area contributed by atoms with Crippen molar-refractivity contribution >= 4 is 17.4 Å². The van der Waals surface area contributed by atoms with Gasteiger partial charge in [-0.1, -0.05) is 25.1 Å². The van der Waals surface area contributed by atoms with E-state index in [1.165, 1.54) is 17.9 Å². The second kappa shape index (κ2) is 5.78. The van der Waals surface area contributed by atoms with Gasteiger partial charge in [0.1, 0.15) is 0 Å². The molecule has 0 radical (unpaired) electrons. The van der Waals surface area contributed by atoms with E-state index in [0.29, 0.717) is 0 Å². The highest BCUT2D eigenvalue weighted by atomic mass is 32.2. The van der Waals surface area contributed by atoms with Crippen LogP contribution in [0.2, 0.25) is 0 Å². The van der Waals surface area contributed by atoms with Crippen LogP contribution in [0, 0.1) is 0 Å². The van der Waals surface area contributed by atoms with Crippen molar-refractivity contribution in [3.63, 3.8) is 0 Å². The molecule has 1 unspecified atom stereocenters. The first-order chi connectivity index (χ1) is 8.22. The van der Waals surface area contributed by atoms with E-state index in [4.69, 9.17) is 0 Å². The normalized spacial score (nSPS) is 22.5. The summed E-state index contributed by atoms with van der Waals surface area (Å²) in [6, 6.07) is 8.22. The van der Waals surface area contributed by atoms with Crippen LogP contribution in [-0.4, -0.2) is 29.2 Å². The van der Waals surface area contributed by atoms with Gasteiger partial charge < -0.3 is 10.0 Å². The topological polar surface area (TPSA) is 23.5 Å². The molecule has 0 spiro atoms. The predicted molar refractivity (Wildman–Crippen MR) is 75.8 cm³/mol. The van der Waals surface area contributed by atoms with E-state index >= 15 is 0 Å². The fraction of sp³-hybridized carbons (Fsp3) is 0.571. The van der Waals surface area contributed by atoms with E-state index in [0.717, 1.165) is 23.9 Å². The Bertz CT molecular complexity index is 367. The van der Waals surface area contributed by atoms with Gasteiger partial charge in [-0.2, -0.15) is 11.8 Å².